The topological polar surface area (TPSA) is 57.4 Å². The Hall–Kier alpha value is -1.85. The van der Waals surface area contributed by atoms with Gasteiger partial charge >= 0.3 is 0 Å². The molecule has 1 saturated heterocycles. The van der Waals surface area contributed by atoms with Gasteiger partial charge < -0.3 is 19.9 Å². The van der Waals surface area contributed by atoms with E-state index in [-0.39, 0.29) is 11.4 Å². The molecule has 0 bridgehead atoms. The molecule has 1 spiro atoms. The number of aromatic amines is 1. The first-order valence-corrected chi connectivity index (χ1v) is 8.85. The van der Waals surface area contributed by atoms with Crippen molar-refractivity contribution < 1.29 is 9.53 Å². The average Bonchev–Trinajstić information content (AvgIpc) is 3.01. The summed E-state index contributed by atoms with van der Waals surface area (Å²) in [5.74, 6) is 0.208. The zero-order chi connectivity index (χ0) is 16.6. The fourth-order valence-electron chi connectivity index (χ4n) is 4.30. The standard InChI is InChI=1S/C19H25N3O2/c1-24-13-7-17(23)22-11-8-19(9-12-22)18-15(6-10-20-19)14-4-2-3-5-16(14)21-18/h2-5,20-21H,6-13H2,1H3. The Kier molecular flexibility index (Phi) is 4.06. The van der Waals surface area contributed by atoms with Crippen LogP contribution in [0.1, 0.15) is 30.5 Å². The Balaban J connectivity index is 1.57. The lowest BCUT2D eigenvalue weighted by Crippen LogP contribution is -2.55. The molecule has 0 unspecified atom stereocenters. The van der Waals surface area contributed by atoms with E-state index in [1.54, 1.807) is 7.11 Å². The lowest BCUT2D eigenvalue weighted by Gasteiger charge is -2.44. The van der Waals surface area contributed by atoms with Crippen LogP contribution in [0.25, 0.3) is 10.9 Å². The van der Waals surface area contributed by atoms with Crippen molar-refractivity contribution in [3.05, 3.63) is 35.5 Å². The normalized spacial score (nSPS) is 19.6. The summed E-state index contributed by atoms with van der Waals surface area (Å²) in [5.41, 5.74) is 4.02. The number of likely N-dealkylation sites (tertiary alicyclic amines) is 1. The van der Waals surface area contributed by atoms with E-state index in [2.05, 4.69) is 34.6 Å². The fourth-order valence-corrected chi connectivity index (χ4v) is 4.30. The Labute approximate surface area is 142 Å². The van der Waals surface area contributed by atoms with Crippen molar-refractivity contribution in [1.82, 2.24) is 15.2 Å². The number of amides is 1. The molecule has 0 aliphatic carbocycles. The highest BCUT2D eigenvalue weighted by molar-refractivity contribution is 5.85. The maximum absolute atomic E-state index is 12.2. The molecule has 128 valence electrons. The van der Waals surface area contributed by atoms with Crippen LogP contribution in [0.4, 0.5) is 0 Å². The number of hydrogen-bond acceptors (Lipinski definition) is 3. The summed E-state index contributed by atoms with van der Waals surface area (Å²) in [6.07, 6.45) is 3.48. The molecule has 1 amide bonds. The highest BCUT2D eigenvalue weighted by Crippen LogP contribution is 2.40. The molecule has 2 aliphatic heterocycles. The second kappa shape index (κ2) is 6.22. The minimum absolute atomic E-state index is 0.00929. The van der Waals surface area contributed by atoms with Crippen molar-refractivity contribution in [2.24, 2.45) is 0 Å². The highest BCUT2D eigenvalue weighted by Gasteiger charge is 2.41. The van der Waals surface area contributed by atoms with Gasteiger partial charge in [0.25, 0.3) is 0 Å². The second-order valence-electron chi connectivity index (χ2n) is 6.91. The highest BCUT2D eigenvalue weighted by atomic mass is 16.5. The van der Waals surface area contributed by atoms with Crippen molar-refractivity contribution in [1.29, 1.82) is 0 Å². The molecule has 1 aromatic heterocycles. The van der Waals surface area contributed by atoms with Crippen molar-refractivity contribution in [2.75, 3.05) is 33.4 Å². The molecule has 1 fully saturated rings. The van der Waals surface area contributed by atoms with Gasteiger partial charge in [-0.15, -0.1) is 0 Å². The first-order chi connectivity index (χ1) is 11.7. The Morgan fingerprint density at radius 1 is 1.29 bits per heavy atom. The van der Waals surface area contributed by atoms with Gasteiger partial charge in [0, 0.05) is 43.3 Å². The second-order valence-corrected chi connectivity index (χ2v) is 6.91. The molecular weight excluding hydrogens is 302 g/mol. The van der Waals surface area contributed by atoms with Crippen LogP contribution in [0, 0.1) is 0 Å². The van der Waals surface area contributed by atoms with Crippen LogP contribution in [-0.4, -0.2) is 49.1 Å². The van der Waals surface area contributed by atoms with E-state index in [0.717, 1.165) is 38.9 Å². The summed E-state index contributed by atoms with van der Waals surface area (Å²) in [5, 5.41) is 5.11. The van der Waals surface area contributed by atoms with Gasteiger partial charge in [0.05, 0.1) is 18.6 Å². The molecule has 2 aliphatic rings. The summed E-state index contributed by atoms with van der Waals surface area (Å²) < 4.78 is 5.03. The molecule has 0 saturated carbocycles. The maximum Gasteiger partial charge on any atom is 0.224 e. The van der Waals surface area contributed by atoms with Crippen molar-refractivity contribution in [3.8, 4) is 0 Å². The van der Waals surface area contributed by atoms with Gasteiger partial charge in [0.15, 0.2) is 0 Å². The van der Waals surface area contributed by atoms with E-state index in [1.165, 1.54) is 22.2 Å². The summed E-state index contributed by atoms with van der Waals surface area (Å²) in [6, 6.07) is 8.57. The minimum atomic E-state index is -0.00929. The van der Waals surface area contributed by atoms with Gasteiger partial charge in [-0.05, 0) is 30.9 Å². The van der Waals surface area contributed by atoms with E-state index in [4.69, 9.17) is 4.74 Å². The fraction of sp³-hybridized carbons (Fsp3) is 0.526. The van der Waals surface area contributed by atoms with Crippen LogP contribution in [0.5, 0.6) is 0 Å². The van der Waals surface area contributed by atoms with E-state index >= 15 is 0 Å². The third-order valence-electron chi connectivity index (χ3n) is 5.62. The minimum Gasteiger partial charge on any atom is -0.384 e. The van der Waals surface area contributed by atoms with Crippen LogP contribution in [0.15, 0.2) is 24.3 Å². The smallest absolute Gasteiger partial charge is 0.224 e. The lowest BCUT2D eigenvalue weighted by molar-refractivity contribution is -0.134. The monoisotopic (exact) mass is 327 g/mol. The van der Waals surface area contributed by atoms with Crippen LogP contribution in [0.3, 0.4) is 0 Å². The number of aromatic nitrogens is 1. The first kappa shape index (κ1) is 15.7. The van der Waals surface area contributed by atoms with Gasteiger partial charge in [-0.3, -0.25) is 4.79 Å². The Bertz CT molecular complexity index is 744. The van der Waals surface area contributed by atoms with Crippen LogP contribution in [0.2, 0.25) is 0 Å². The van der Waals surface area contributed by atoms with Crippen LogP contribution < -0.4 is 5.32 Å². The number of methoxy groups -OCH3 is 1. The number of nitrogens with zero attached hydrogens (tertiary/aromatic N) is 1. The van der Waals surface area contributed by atoms with Gasteiger partial charge in [-0.2, -0.15) is 0 Å². The number of benzene rings is 1. The predicted molar refractivity (Wildman–Crippen MR) is 94.0 cm³/mol. The number of H-pyrrole nitrogens is 1. The number of para-hydroxylation sites is 1. The van der Waals surface area contributed by atoms with E-state index in [9.17, 15) is 4.79 Å². The molecule has 0 radical (unpaired) electrons. The molecule has 5 nitrogen and oxygen atoms in total. The molecule has 24 heavy (non-hydrogen) atoms. The van der Waals surface area contributed by atoms with Gasteiger partial charge in [0.1, 0.15) is 0 Å². The number of carbonyl (C=O) groups excluding carboxylic acids is 1. The number of carbonyl (C=O) groups is 1. The summed E-state index contributed by atoms with van der Waals surface area (Å²) in [7, 11) is 1.64. The predicted octanol–water partition coefficient (Wildman–Crippen LogP) is 2.17. The molecular formula is C19H25N3O2. The molecule has 1 aromatic carbocycles. The number of ether oxygens (including phenoxy) is 1. The number of piperidine rings is 1. The van der Waals surface area contributed by atoms with E-state index in [0.29, 0.717) is 13.0 Å². The Morgan fingerprint density at radius 3 is 2.88 bits per heavy atom. The Morgan fingerprint density at radius 2 is 2.08 bits per heavy atom. The third kappa shape index (κ3) is 2.52. The summed E-state index contributed by atoms with van der Waals surface area (Å²) in [4.78, 5) is 17.9. The third-order valence-corrected chi connectivity index (χ3v) is 5.62. The molecule has 2 N–H and O–H groups in total. The van der Waals surface area contributed by atoms with Crippen molar-refractivity contribution >= 4 is 16.8 Å². The van der Waals surface area contributed by atoms with Crippen LogP contribution >= 0.6 is 0 Å². The van der Waals surface area contributed by atoms with E-state index < -0.39 is 0 Å². The molecule has 3 heterocycles. The largest absolute Gasteiger partial charge is 0.384 e. The van der Waals surface area contributed by atoms with Gasteiger partial charge in [-0.25, -0.2) is 0 Å². The average molecular weight is 327 g/mol. The maximum atomic E-state index is 12.2. The molecule has 2 aromatic rings. The SMILES string of the molecule is COCCC(=O)N1CCC2(CC1)NCCc1c2[nH]c2ccccc12. The zero-order valence-corrected chi connectivity index (χ0v) is 14.2. The number of fused-ring (bicyclic) bond motifs is 4. The number of hydrogen-bond donors (Lipinski definition) is 2. The molecule has 5 heteroatoms. The molecule has 4 rings (SSSR count). The quantitative estimate of drug-likeness (QED) is 0.908. The van der Waals surface area contributed by atoms with Crippen molar-refractivity contribution in [3.63, 3.8) is 0 Å². The van der Waals surface area contributed by atoms with Crippen LogP contribution in [-0.2, 0) is 21.5 Å². The zero-order valence-electron chi connectivity index (χ0n) is 14.2. The van der Waals surface area contributed by atoms with Gasteiger partial charge in [-0.1, -0.05) is 18.2 Å². The van der Waals surface area contributed by atoms with Crippen molar-refractivity contribution in [2.45, 2.75) is 31.2 Å². The summed E-state index contributed by atoms with van der Waals surface area (Å²) in [6.45, 7) is 3.13. The lowest BCUT2D eigenvalue weighted by atomic mass is 9.79. The van der Waals surface area contributed by atoms with Gasteiger partial charge in [0.2, 0.25) is 5.91 Å². The van der Waals surface area contributed by atoms with E-state index in [1.807, 2.05) is 4.90 Å². The summed E-state index contributed by atoms with van der Waals surface area (Å²) >= 11 is 0. The first-order valence-electron chi connectivity index (χ1n) is 8.85. The number of nitrogens with one attached hydrogen (secondary N) is 2. The molecule has 0 atom stereocenters. The number of rotatable bonds is 3.